The number of carboxylic acids is 1. The first-order valence-electron chi connectivity index (χ1n) is 12.3. The van der Waals surface area contributed by atoms with Crippen LogP contribution in [-0.4, -0.2) is 32.6 Å². The van der Waals surface area contributed by atoms with Crippen molar-refractivity contribution in [1.82, 2.24) is 4.57 Å². The molecule has 1 aromatic heterocycles. The van der Waals surface area contributed by atoms with Gasteiger partial charge in [-0.1, -0.05) is 30.4 Å². The molecule has 12 heteroatoms. The number of benzene rings is 3. The Morgan fingerprint density at radius 1 is 1.00 bits per heavy atom. The number of aromatic nitrogens is 1. The lowest BCUT2D eigenvalue weighted by Gasteiger charge is -2.17. The van der Waals surface area contributed by atoms with Gasteiger partial charge in [0.2, 0.25) is 12.7 Å². The summed E-state index contributed by atoms with van der Waals surface area (Å²) in [6, 6.07) is 12.3. The third kappa shape index (κ3) is 4.62. The maximum absolute atomic E-state index is 13.6. The van der Waals surface area contributed by atoms with Crippen molar-refractivity contribution in [1.29, 1.82) is 0 Å². The molecular formula is C29H20F3N3O6. The van der Waals surface area contributed by atoms with Crippen LogP contribution in [0.25, 0.3) is 16.6 Å². The van der Waals surface area contributed by atoms with Gasteiger partial charge in [0.25, 0.3) is 0 Å². The zero-order chi connectivity index (χ0) is 28.9. The van der Waals surface area contributed by atoms with Gasteiger partial charge in [0.1, 0.15) is 11.4 Å². The Bertz CT molecular complexity index is 1810. The molecule has 0 radical (unpaired) electrons. The van der Waals surface area contributed by atoms with Crippen LogP contribution in [0.2, 0.25) is 0 Å². The molecule has 41 heavy (non-hydrogen) atoms. The average Bonchev–Trinajstić information content (AvgIpc) is 3.53. The van der Waals surface area contributed by atoms with Gasteiger partial charge in [0.15, 0.2) is 17.2 Å². The molecule has 3 N–H and O–H groups in total. The highest BCUT2D eigenvalue weighted by molar-refractivity contribution is 5.97. The lowest BCUT2D eigenvalue weighted by molar-refractivity contribution is -0.137. The van der Waals surface area contributed by atoms with Crippen LogP contribution >= 0.6 is 0 Å². The Morgan fingerprint density at radius 2 is 1.80 bits per heavy atom. The summed E-state index contributed by atoms with van der Waals surface area (Å²) in [5.41, 5.74) is -0.188. The molecule has 3 aromatic carbocycles. The maximum Gasteiger partial charge on any atom is 0.416 e. The quantitative estimate of drug-likeness (QED) is 0.220. The van der Waals surface area contributed by atoms with Crippen molar-refractivity contribution in [2.45, 2.75) is 18.5 Å². The minimum Gasteiger partial charge on any atom is -0.505 e. The van der Waals surface area contributed by atoms with Crippen LogP contribution in [0.3, 0.4) is 0 Å². The molecule has 0 bridgehead atoms. The number of hydrogen-bond donors (Lipinski definition) is 3. The maximum atomic E-state index is 13.6. The minimum absolute atomic E-state index is 0.0119. The van der Waals surface area contributed by atoms with Crippen molar-refractivity contribution in [3.63, 3.8) is 0 Å². The Morgan fingerprint density at radius 3 is 2.59 bits per heavy atom. The van der Waals surface area contributed by atoms with E-state index in [1.54, 1.807) is 30.3 Å². The summed E-state index contributed by atoms with van der Waals surface area (Å²) in [6.45, 7) is -0.0119. The van der Waals surface area contributed by atoms with E-state index in [0.29, 0.717) is 29.2 Å². The number of ether oxygens (including phenoxy) is 2. The largest absolute Gasteiger partial charge is 0.505 e. The minimum atomic E-state index is -4.63. The Labute approximate surface area is 229 Å². The van der Waals surface area contributed by atoms with E-state index in [0.717, 1.165) is 12.1 Å². The molecule has 0 saturated carbocycles. The van der Waals surface area contributed by atoms with Gasteiger partial charge in [-0.2, -0.15) is 13.2 Å². The van der Waals surface area contributed by atoms with E-state index in [4.69, 9.17) is 9.47 Å². The van der Waals surface area contributed by atoms with Crippen LogP contribution in [0, 0.1) is 0 Å². The average molecular weight is 563 g/mol. The van der Waals surface area contributed by atoms with Crippen molar-refractivity contribution in [3.8, 4) is 28.8 Å². The van der Waals surface area contributed by atoms with Crippen LogP contribution in [0.15, 0.2) is 88.6 Å². The number of carboxylic acid groups (broad SMARTS) is 1. The van der Waals surface area contributed by atoms with Crippen molar-refractivity contribution >= 4 is 28.2 Å². The summed E-state index contributed by atoms with van der Waals surface area (Å²) in [5.74, 6) is -1.43. The number of aliphatic carboxylic acids is 1. The van der Waals surface area contributed by atoms with E-state index in [2.05, 4.69) is 10.2 Å². The number of allylic oxidation sites excluding steroid dienone is 2. The Hall–Kier alpha value is -5.26. The van der Waals surface area contributed by atoms with Crippen molar-refractivity contribution < 1.29 is 42.8 Å². The fraction of sp³-hybridized carbons (Fsp3) is 0.138. The number of halogens is 3. The van der Waals surface area contributed by atoms with Gasteiger partial charge in [0, 0.05) is 22.9 Å². The number of alkyl halides is 3. The molecule has 6 rings (SSSR count). The van der Waals surface area contributed by atoms with E-state index in [1.807, 2.05) is 0 Å². The number of hydrogen-bond acceptors (Lipinski definition) is 7. The number of aromatic hydroxyl groups is 2. The highest BCUT2D eigenvalue weighted by Crippen LogP contribution is 2.46. The second-order valence-electron chi connectivity index (χ2n) is 9.36. The molecule has 1 atom stereocenters. The predicted molar refractivity (Wildman–Crippen MR) is 141 cm³/mol. The van der Waals surface area contributed by atoms with Crippen LogP contribution in [0.5, 0.6) is 23.1 Å². The first-order valence-corrected chi connectivity index (χ1v) is 12.3. The molecule has 2 heterocycles. The summed E-state index contributed by atoms with van der Waals surface area (Å²) >= 11 is 0. The smallest absolute Gasteiger partial charge is 0.416 e. The first-order chi connectivity index (χ1) is 19.6. The standard InChI is InChI=1S/C29H20F3N3O6/c30-29(31,32)17-7-9-20-22(12-17)35(18-8-10-23-24(13-18)41-14-40-23)27(37)25(20)34-33-21-6-2-5-19(26(21)36)15-3-1-4-16(11-15)28(38)39/h1-2,4-13,15,36-37H,3,14H2,(H,38,39). The van der Waals surface area contributed by atoms with E-state index in [1.165, 1.54) is 34.9 Å². The zero-order valence-electron chi connectivity index (χ0n) is 21.0. The third-order valence-electron chi connectivity index (χ3n) is 6.88. The Balaban J connectivity index is 1.45. The van der Waals surface area contributed by atoms with Crippen LogP contribution in [0.4, 0.5) is 24.5 Å². The van der Waals surface area contributed by atoms with Gasteiger partial charge in [0.05, 0.1) is 22.3 Å². The molecule has 1 aliphatic heterocycles. The monoisotopic (exact) mass is 563 g/mol. The predicted octanol–water partition coefficient (Wildman–Crippen LogP) is 7.26. The number of phenolic OH excluding ortho intramolecular Hbond substituents is 1. The second-order valence-corrected chi connectivity index (χ2v) is 9.36. The van der Waals surface area contributed by atoms with E-state index < -0.39 is 29.5 Å². The number of rotatable bonds is 5. The lowest BCUT2D eigenvalue weighted by atomic mass is 9.89. The fourth-order valence-corrected chi connectivity index (χ4v) is 4.89. The summed E-state index contributed by atoms with van der Waals surface area (Å²) in [6.07, 6.45) is 0.533. The van der Waals surface area contributed by atoms with Gasteiger partial charge < -0.3 is 24.8 Å². The molecule has 0 saturated heterocycles. The lowest BCUT2D eigenvalue weighted by Crippen LogP contribution is -2.05. The first kappa shape index (κ1) is 26.0. The molecule has 1 unspecified atom stereocenters. The number of azo groups is 1. The van der Waals surface area contributed by atoms with Crippen LogP contribution in [-0.2, 0) is 11.0 Å². The van der Waals surface area contributed by atoms with Gasteiger partial charge in [-0.15, -0.1) is 10.2 Å². The van der Waals surface area contributed by atoms with Gasteiger partial charge in [-0.3, -0.25) is 4.57 Å². The molecule has 0 fully saturated rings. The normalized spacial score (nSPS) is 16.5. The van der Waals surface area contributed by atoms with Gasteiger partial charge in [-0.25, -0.2) is 4.79 Å². The third-order valence-corrected chi connectivity index (χ3v) is 6.88. The molecule has 4 aromatic rings. The molecule has 0 spiro atoms. The van der Waals surface area contributed by atoms with Crippen molar-refractivity contribution in [2.75, 3.05) is 6.79 Å². The molecule has 208 valence electrons. The van der Waals surface area contributed by atoms with Crippen LogP contribution in [0.1, 0.15) is 23.5 Å². The van der Waals surface area contributed by atoms with E-state index in [-0.39, 0.29) is 40.4 Å². The number of para-hydroxylation sites is 1. The summed E-state index contributed by atoms with van der Waals surface area (Å²) < 4.78 is 52.7. The van der Waals surface area contributed by atoms with E-state index >= 15 is 0 Å². The number of fused-ring (bicyclic) bond motifs is 2. The molecule has 1 aliphatic carbocycles. The molecule has 9 nitrogen and oxygen atoms in total. The number of nitrogens with zero attached hydrogens (tertiary/aromatic N) is 3. The van der Waals surface area contributed by atoms with Crippen LogP contribution < -0.4 is 9.47 Å². The highest BCUT2D eigenvalue weighted by atomic mass is 19.4. The topological polar surface area (TPSA) is 126 Å². The second kappa shape index (κ2) is 9.73. The van der Waals surface area contributed by atoms with Crippen molar-refractivity contribution in [3.05, 3.63) is 89.5 Å². The summed E-state index contributed by atoms with van der Waals surface area (Å²) in [7, 11) is 0. The molecule has 0 amide bonds. The summed E-state index contributed by atoms with van der Waals surface area (Å²) in [4.78, 5) is 11.4. The molecular weight excluding hydrogens is 543 g/mol. The number of phenols is 1. The SMILES string of the molecule is O=C(O)C1=CC(c2cccc(N=Nc3c(O)n(-c4ccc5c(c4)OCO5)c4cc(C(F)(F)F)ccc34)c2O)CC=C1. The Kier molecular flexibility index (Phi) is 6.17. The van der Waals surface area contributed by atoms with E-state index in [9.17, 15) is 33.3 Å². The number of carbonyl (C=O) groups is 1. The highest BCUT2D eigenvalue weighted by Gasteiger charge is 2.32. The molecule has 2 aliphatic rings. The zero-order valence-corrected chi connectivity index (χ0v) is 21.0. The summed E-state index contributed by atoms with van der Waals surface area (Å²) in [5, 5.41) is 39.9. The fourth-order valence-electron chi connectivity index (χ4n) is 4.89. The van der Waals surface area contributed by atoms with Gasteiger partial charge in [-0.05, 0) is 42.8 Å². The van der Waals surface area contributed by atoms with Gasteiger partial charge >= 0.3 is 12.1 Å². The van der Waals surface area contributed by atoms with Crippen molar-refractivity contribution in [2.24, 2.45) is 10.2 Å².